The molecule has 1 aromatic rings. The van der Waals surface area contributed by atoms with Crippen molar-refractivity contribution >= 4 is 29.0 Å². The maximum absolute atomic E-state index is 12.8. The van der Waals surface area contributed by atoms with E-state index < -0.39 is 28.6 Å². The normalized spacial score (nSPS) is 17.4. The number of hydrogen-bond acceptors (Lipinski definition) is 4. The highest BCUT2D eigenvalue weighted by atomic mass is 32.2. The number of amides is 2. The fraction of sp³-hybridized carbons (Fsp3) is 0.333. The highest BCUT2D eigenvalue weighted by Gasteiger charge is 2.36. The minimum absolute atomic E-state index is 0.0740. The molecule has 1 aromatic carbocycles. The minimum atomic E-state index is -4.70. The summed E-state index contributed by atoms with van der Waals surface area (Å²) < 4.78 is 38.3. The Morgan fingerprint density at radius 1 is 1.30 bits per heavy atom. The molecule has 1 aliphatic rings. The third-order valence-corrected chi connectivity index (χ3v) is 4.14. The quantitative estimate of drug-likeness (QED) is 0.829. The first-order valence-electron chi connectivity index (χ1n) is 6.89. The fourth-order valence-corrected chi connectivity index (χ4v) is 2.90. The van der Waals surface area contributed by atoms with Gasteiger partial charge in [0.15, 0.2) is 0 Å². The molecule has 1 fully saturated rings. The zero-order chi connectivity index (χ0) is 17.2. The van der Waals surface area contributed by atoms with Gasteiger partial charge >= 0.3 is 6.18 Å². The SMILES string of the molecule is CCCCN1C(=O)S/C(=C/c2ccc(O)c(C(F)(F)F)c2)C1=O. The Morgan fingerprint density at radius 3 is 2.61 bits per heavy atom. The van der Waals surface area contributed by atoms with Crippen LogP contribution < -0.4 is 0 Å². The summed E-state index contributed by atoms with van der Waals surface area (Å²) in [6.45, 7) is 2.21. The van der Waals surface area contributed by atoms with Crippen LogP contribution in [0, 0.1) is 0 Å². The molecular weight excluding hydrogens is 331 g/mol. The number of carbonyl (C=O) groups is 2. The van der Waals surface area contributed by atoms with Gasteiger partial charge in [0.25, 0.3) is 11.1 Å². The molecule has 0 radical (unpaired) electrons. The van der Waals surface area contributed by atoms with E-state index in [-0.39, 0.29) is 10.5 Å². The average Bonchev–Trinajstić information content (AvgIpc) is 2.72. The van der Waals surface area contributed by atoms with Gasteiger partial charge in [-0.2, -0.15) is 13.2 Å². The third-order valence-electron chi connectivity index (χ3n) is 3.23. The first-order valence-corrected chi connectivity index (χ1v) is 7.71. The lowest BCUT2D eigenvalue weighted by molar-refractivity contribution is -0.138. The van der Waals surface area contributed by atoms with Crippen LogP contribution in [0.1, 0.15) is 30.9 Å². The van der Waals surface area contributed by atoms with E-state index in [9.17, 15) is 27.9 Å². The number of rotatable bonds is 4. The van der Waals surface area contributed by atoms with Crippen molar-refractivity contribution in [1.82, 2.24) is 4.90 Å². The number of hydrogen-bond donors (Lipinski definition) is 1. The van der Waals surface area contributed by atoms with E-state index >= 15 is 0 Å². The van der Waals surface area contributed by atoms with E-state index in [4.69, 9.17) is 0 Å². The van der Waals surface area contributed by atoms with Gasteiger partial charge in [0.1, 0.15) is 5.75 Å². The van der Waals surface area contributed by atoms with Crippen molar-refractivity contribution in [1.29, 1.82) is 0 Å². The lowest BCUT2D eigenvalue weighted by Crippen LogP contribution is -2.29. The predicted octanol–water partition coefficient (Wildman–Crippen LogP) is 4.25. The van der Waals surface area contributed by atoms with Crippen molar-refractivity contribution < 1.29 is 27.9 Å². The Morgan fingerprint density at radius 2 is 2.00 bits per heavy atom. The van der Waals surface area contributed by atoms with Crippen molar-refractivity contribution in [3.8, 4) is 5.75 Å². The molecule has 1 saturated heterocycles. The molecule has 8 heteroatoms. The molecule has 0 atom stereocenters. The van der Waals surface area contributed by atoms with Gasteiger partial charge in [-0.3, -0.25) is 14.5 Å². The monoisotopic (exact) mass is 345 g/mol. The summed E-state index contributed by atoms with van der Waals surface area (Å²) in [6.07, 6.45) is -1.99. The molecule has 2 amide bonds. The number of thioether (sulfide) groups is 1. The highest BCUT2D eigenvalue weighted by Crippen LogP contribution is 2.38. The number of unbranched alkanes of at least 4 members (excludes halogenated alkanes) is 1. The van der Waals surface area contributed by atoms with Gasteiger partial charge in [0, 0.05) is 6.54 Å². The van der Waals surface area contributed by atoms with E-state index in [0.717, 1.165) is 23.5 Å². The maximum Gasteiger partial charge on any atom is 0.419 e. The van der Waals surface area contributed by atoms with Crippen LogP contribution in [0.4, 0.5) is 18.0 Å². The molecular formula is C15H14F3NO3S. The van der Waals surface area contributed by atoms with E-state index in [1.807, 2.05) is 6.92 Å². The van der Waals surface area contributed by atoms with Crippen molar-refractivity contribution in [3.05, 3.63) is 34.2 Å². The van der Waals surface area contributed by atoms with Gasteiger partial charge in [0.2, 0.25) is 0 Å². The molecule has 124 valence electrons. The molecule has 0 bridgehead atoms. The zero-order valence-corrected chi connectivity index (χ0v) is 13.0. The molecule has 0 aromatic heterocycles. The fourth-order valence-electron chi connectivity index (χ4n) is 2.03. The predicted molar refractivity (Wildman–Crippen MR) is 80.7 cm³/mol. The number of imide groups is 1. The van der Waals surface area contributed by atoms with E-state index in [2.05, 4.69) is 0 Å². The summed E-state index contributed by atoms with van der Waals surface area (Å²) in [5.41, 5.74) is -1.09. The maximum atomic E-state index is 12.8. The van der Waals surface area contributed by atoms with Gasteiger partial charge in [-0.1, -0.05) is 19.4 Å². The number of nitrogens with zero attached hydrogens (tertiary/aromatic N) is 1. The number of phenols is 1. The number of halogens is 3. The average molecular weight is 345 g/mol. The third kappa shape index (κ3) is 3.87. The molecule has 0 saturated carbocycles. The van der Waals surface area contributed by atoms with E-state index in [1.165, 1.54) is 12.1 Å². The minimum Gasteiger partial charge on any atom is -0.507 e. The molecule has 0 aliphatic carbocycles. The molecule has 0 unspecified atom stereocenters. The second-order valence-corrected chi connectivity index (χ2v) is 5.95. The lowest BCUT2D eigenvalue weighted by Gasteiger charge is -2.11. The first-order chi connectivity index (χ1) is 10.7. The molecule has 1 heterocycles. The zero-order valence-electron chi connectivity index (χ0n) is 12.2. The van der Waals surface area contributed by atoms with Crippen LogP contribution in [0.3, 0.4) is 0 Å². The van der Waals surface area contributed by atoms with Gasteiger partial charge < -0.3 is 5.11 Å². The summed E-state index contributed by atoms with van der Waals surface area (Å²) in [5, 5.41) is 8.86. The Kier molecular flexibility index (Phi) is 5.03. The van der Waals surface area contributed by atoms with Crippen molar-refractivity contribution in [2.75, 3.05) is 6.54 Å². The van der Waals surface area contributed by atoms with Gasteiger partial charge in [-0.15, -0.1) is 0 Å². The first kappa shape index (κ1) is 17.4. The van der Waals surface area contributed by atoms with Crippen molar-refractivity contribution in [3.63, 3.8) is 0 Å². The van der Waals surface area contributed by atoms with Crippen molar-refractivity contribution in [2.24, 2.45) is 0 Å². The number of carbonyl (C=O) groups excluding carboxylic acids is 2. The highest BCUT2D eigenvalue weighted by molar-refractivity contribution is 8.18. The van der Waals surface area contributed by atoms with E-state index in [0.29, 0.717) is 24.7 Å². The molecule has 0 spiro atoms. The molecule has 4 nitrogen and oxygen atoms in total. The van der Waals surface area contributed by atoms with Crippen LogP contribution in [-0.4, -0.2) is 27.7 Å². The number of benzene rings is 1. The topological polar surface area (TPSA) is 57.6 Å². The van der Waals surface area contributed by atoms with E-state index in [1.54, 1.807) is 0 Å². The van der Waals surface area contributed by atoms with Crippen LogP contribution in [-0.2, 0) is 11.0 Å². The second-order valence-electron chi connectivity index (χ2n) is 4.96. The standard InChI is InChI=1S/C15H14F3NO3S/c1-2-3-6-19-13(21)12(23-14(19)22)8-9-4-5-11(20)10(7-9)15(16,17)18/h4-5,7-8,20H,2-3,6H2,1H3/b12-8+. The Bertz CT molecular complexity index is 670. The number of alkyl halides is 3. The summed E-state index contributed by atoms with van der Waals surface area (Å²) in [4.78, 5) is 25.1. The molecule has 1 aliphatic heterocycles. The van der Waals surface area contributed by atoms with Crippen LogP contribution in [0.15, 0.2) is 23.1 Å². The smallest absolute Gasteiger partial charge is 0.419 e. The number of phenolic OH excluding ortho intramolecular Hbond substituents is 1. The number of aromatic hydroxyl groups is 1. The van der Waals surface area contributed by atoms with Crippen molar-refractivity contribution in [2.45, 2.75) is 25.9 Å². The second kappa shape index (κ2) is 6.66. The van der Waals surface area contributed by atoms with Crippen LogP contribution in [0.2, 0.25) is 0 Å². The van der Waals surface area contributed by atoms with Crippen LogP contribution in [0.25, 0.3) is 6.08 Å². The summed E-state index contributed by atoms with van der Waals surface area (Å²) >= 11 is 0.699. The molecule has 2 rings (SSSR count). The Hall–Kier alpha value is -1.96. The van der Waals surface area contributed by atoms with Gasteiger partial charge in [0.05, 0.1) is 10.5 Å². The van der Waals surface area contributed by atoms with Crippen LogP contribution in [0.5, 0.6) is 5.75 Å². The van der Waals surface area contributed by atoms with Crippen LogP contribution >= 0.6 is 11.8 Å². The Labute approximate surface area is 135 Å². The summed E-state index contributed by atoms with van der Waals surface area (Å²) in [6, 6.07) is 2.91. The Balaban J connectivity index is 2.29. The lowest BCUT2D eigenvalue weighted by atomic mass is 10.1. The van der Waals surface area contributed by atoms with Gasteiger partial charge in [-0.25, -0.2) is 0 Å². The largest absolute Gasteiger partial charge is 0.507 e. The molecule has 23 heavy (non-hydrogen) atoms. The molecule has 1 N–H and O–H groups in total. The van der Waals surface area contributed by atoms with Gasteiger partial charge in [-0.05, 0) is 42.0 Å². The summed E-state index contributed by atoms with van der Waals surface area (Å²) in [5.74, 6) is -1.39. The summed E-state index contributed by atoms with van der Waals surface area (Å²) in [7, 11) is 0.